The number of fused-ring (bicyclic) bond motifs is 1. The van der Waals surface area contributed by atoms with Gasteiger partial charge in [0.1, 0.15) is 0 Å². The maximum atomic E-state index is 12.1. The van der Waals surface area contributed by atoms with Crippen LogP contribution in [0.3, 0.4) is 0 Å². The Kier molecular flexibility index (Phi) is 5.86. The topological polar surface area (TPSA) is 101 Å². The molecule has 7 nitrogen and oxygen atoms in total. The van der Waals surface area contributed by atoms with Crippen molar-refractivity contribution in [2.75, 3.05) is 6.26 Å². The Morgan fingerprint density at radius 3 is 2.52 bits per heavy atom. The van der Waals surface area contributed by atoms with Crippen molar-refractivity contribution in [3.63, 3.8) is 0 Å². The number of aryl methyl sites for hydroxylation is 1. The van der Waals surface area contributed by atoms with Crippen molar-refractivity contribution >= 4 is 38.8 Å². The Morgan fingerprint density at radius 1 is 1.17 bits per heavy atom. The largest absolute Gasteiger partial charge is 0.289 e. The second-order valence-electron chi connectivity index (χ2n) is 7.15. The summed E-state index contributed by atoms with van der Waals surface area (Å²) in [7, 11) is -3.74. The van der Waals surface area contributed by atoms with Crippen molar-refractivity contribution in [1.29, 1.82) is 0 Å². The number of hydrogen-bond acceptors (Lipinski definition) is 5. The Hall–Kier alpha value is -2.97. The quantitative estimate of drug-likeness (QED) is 0.352. The van der Waals surface area contributed by atoms with Gasteiger partial charge in [-0.15, -0.1) is 0 Å². The standard InChI is InChI=1S/C21H23N3O4S/c1-21(20(25)23-26,29(2,27)28)12-13-24-15-18-14-17(10-11-19(18)22-24)9-8-16-6-4-3-5-7-16/h3-11,14-15,26H,12-13H2,1-2H3,(H,23,25)/b9-8+/t21-/m1/s1. The van der Waals surface area contributed by atoms with E-state index < -0.39 is 20.5 Å². The summed E-state index contributed by atoms with van der Waals surface area (Å²) in [4.78, 5) is 11.9. The van der Waals surface area contributed by atoms with Crippen LogP contribution < -0.4 is 5.48 Å². The first-order valence-corrected chi connectivity index (χ1v) is 11.0. The highest BCUT2D eigenvalue weighted by molar-refractivity contribution is 7.92. The molecular formula is C21H23N3O4S. The van der Waals surface area contributed by atoms with Gasteiger partial charge in [0.15, 0.2) is 14.6 Å². The molecule has 3 aromatic rings. The van der Waals surface area contributed by atoms with Gasteiger partial charge in [0, 0.05) is 24.4 Å². The molecule has 152 valence electrons. The highest BCUT2D eigenvalue weighted by Crippen LogP contribution is 2.23. The van der Waals surface area contributed by atoms with Crippen LogP contribution in [0.4, 0.5) is 0 Å². The van der Waals surface area contributed by atoms with E-state index in [2.05, 4.69) is 5.10 Å². The van der Waals surface area contributed by atoms with Crippen molar-refractivity contribution in [3.05, 3.63) is 65.9 Å². The molecule has 0 radical (unpaired) electrons. The zero-order valence-electron chi connectivity index (χ0n) is 16.2. The number of benzene rings is 2. The Balaban J connectivity index is 1.79. The fourth-order valence-electron chi connectivity index (χ4n) is 2.98. The van der Waals surface area contributed by atoms with Gasteiger partial charge in [0.25, 0.3) is 5.91 Å². The van der Waals surface area contributed by atoms with E-state index in [1.54, 1.807) is 4.68 Å². The molecule has 1 atom stereocenters. The van der Waals surface area contributed by atoms with E-state index in [4.69, 9.17) is 5.21 Å². The third kappa shape index (κ3) is 4.55. The molecule has 0 spiro atoms. The number of carbonyl (C=O) groups is 1. The van der Waals surface area contributed by atoms with Gasteiger partial charge in [-0.05, 0) is 36.6 Å². The molecule has 0 aliphatic carbocycles. The van der Waals surface area contributed by atoms with E-state index in [-0.39, 0.29) is 13.0 Å². The van der Waals surface area contributed by atoms with E-state index in [0.717, 1.165) is 28.3 Å². The average molecular weight is 413 g/mol. The van der Waals surface area contributed by atoms with Crippen molar-refractivity contribution in [2.24, 2.45) is 0 Å². The molecule has 0 bridgehead atoms. The van der Waals surface area contributed by atoms with Gasteiger partial charge < -0.3 is 0 Å². The molecule has 1 heterocycles. The Morgan fingerprint density at radius 2 is 1.86 bits per heavy atom. The number of carbonyl (C=O) groups excluding carboxylic acids is 1. The average Bonchev–Trinajstić information content (AvgIpc) is 3.12. The van der Waals surface area contributed by atoms with Crippen LogP contribution in [-0.2, 0) is 21.2 Å². The van der Waals surface area contributed by atoms with Crippen LogP contribution in [-0.4, -0.2) is 40.3 Å². The van der Waals surface area contributed by atoms with E-state index >= 15 is 0 Å². The maximum absolute atomic E-state index is 12.1. The predicted octanol–water partition coefficient (Wildman–Crippen LogP) is 2.91. The number of rotatable bonds is 7. The highest BCUT2D eigenvalue weighted by atomic mass is 32.2. The first-order chi connectivity index (χ1) is 13.7. The van der Waals surface area contributed by atoms with Gasteiger partial charge in [-0.25, -0.2) is 13.9 Å². The minimum atomic E-state index is -3.74. The van der Waals surface area contributed by atoms with Crippen LogP contribution in [0.2, 0.25) is 0 Å². The van der Waals surface area contributed by atoms with Crippen LogP contribution in [0.15, 0.2) is 54.7 Å². The third-order valence-electron chi connectivity index (χ3n) is 5.06. The minimum Gasteiger partial charge on any atom is -0.289 e. The summed E-state index contributed by atoms with van der Waals surface area (Å²) in [6.45, 7) is 1.50. The molecule has 1 amide bonds. The molecule has 2 N–H and O–H groups in total. The normalized spacial score (nSPS) is 14.2. The zero-order chi connectivity index (χ0) is 21.1. The summed E-state index contributed by atoms with van der Waals surface area (Å²) in [5, 5.41) is 14.3. The van der Waals surface area contributed by atoms with Crippen molar-refractivity contribution in [2.45, 2.75) is 24.6 Å². The molecule has 0 aliphatic rings. The van der Waals surface area contributed by atoms with Gasteiger partial charge in [-0.2, -0.15) is 5.10 Å². The second kappa shape index (κ2) is 8.18. The number of amides is 1. The number of aromatic nitrogens is 2. The molecule has 1 aromatic heterocycles. The summed E-state index contributed by atoms with van der Waals surface area (Å²) in [5.74, 6) is -0.954. The fourth-order valence-corrected chi connectivity index (χ4v) is 3.83. The lowest BCUT2D eigenvalue weighted by Crippen LogP contribution is -2.49. The lowest BCUT2D eigenvalue weighted by atomic mass is 10.1. The predicted molar refractivity (Wildman–Crippen MR) is 113 cm³/mol. The monoisotopic (exact) mass is 413 g/mol. The van der Waals surface area contributed by atoms with Gasteiger partial charge in [0.05, 0.1) is 5.52 Å². The van der Waals surface area contributed by atoms with E-state index in [0.29, 0.717) is 0 Å². The number of nitrogens with zero attached hydrogens (tertiary/aromatic N) is 2. The first-order valence-electron chi connectivity index (χ1n) is 9.07. The van der Waals surface area contributed by atoms with Gasteiger partial charge in [-0.3, -0.25) is 14.7 Å². The molecule has 8 heteroatoms. The summed E-state index contributed by atoms with van der Waals surface area (Å²) in [6, 6.07) is 15.8. The van der Waals surface area contributed by atoms with Crippen molar-refractivity contribution in [3.8, 4) is 0 Å². The van der Waals surface area contributed by atoms with Crippen LogP contribution in [0, 0.1) is 0 Å². The summed E-state index contributed by atoms with van der Waals surface area (Å²) in [5.41, 5.74) is 4.34. The molecular weight excluding hydrogens is 390 g/mol. The summed E-state index contributed by atoms with van der Waals surface area (Å²) >= 11 is 0. The molecule has 0 unspecified atom stereocenters. The molecule has 0 aliphatic heterocycles. The first kappa shape index (κ1) is 20.8. The minimum absolute atomic E-state index is 0.0209. The van der Waals surface area contributed by atoms with Gasteiger partial charge >= 0.3 is 0 Å². The Labute approximate surface area is 169 Å². The van der Waals surface area contributed by atoms with Crippen LogP contribution in [0.25, 0.3) is 23.1 Å². The number of sulfone groups is 1. The lowest BCUT2D eigenvalue weighted by Gasteiger charge is -2.24. The lowest BCUT2D eigenvalue weighted by molar-refractivity contribution is -0.131. The van der Waals surface area contributed by atoms with Crippen LogP contribution in [0.1, 0.15) is 24.5 Å². The molecule has 2 aromatic carbocycles. The second-order valence-corrected chi connectivity index (χ2v) is 9.59. The SMILES string of the molecule is C[C@@](CCn1cc2cc(/C=C/c3ccccc3)ccc2n1)(C(=O)NO)S(C)(=O)=O. The maximum Gasteiger partial charge on any atom is 0.264 e. The highest BCUT2D eigenvalue weighted by Gasteiger charge is 2.43. The number of nitrogens with one attached hydrogen (secondary N) is 1. The molecule has 0 fully saturated rings. The van der Waals surface area contributed by atoms with Crippen LogP contribution in [0.5, 0.6) is 0 Å². The fraction of sp³-hybridized carbons (Fsp3) is 0.238. The van der Waals surface area contributed by atoms with E-state index in [1.807, 2.05) is 66.9 Å². The summed E-state index contributed by atoms with van der Waals surface area (Å²) < 4.78 is 24.0. The molecule has 0 saturated carbocycles. The molecule has 3 rings (SSSR count). The third-order valence-corrected chi connectivity index (χ3v) is 7.09. The summed E-state index contributed by atoms with van der Waals surface area (Å²) in [6.07, 6.45) is 6.81. The zero-order valence-corrected chi connectivity index (χ0v) is 17.1. The number of hydroxylamine groups is 1. The van der Waals surface area contributed by atoms with Crippen LogP contribution >= 0.6 is 0 Å². The Bertz CT molecular complexity index is 1150. The smallest absolute Gasteiger partial charge is 0.264 e. The number of hydrogen-bond donors (Lipinski definition) is 2. The van der Waals surface area contributed by atoms with Crippen molar-refractivity contribution in [1.82, 2.24) is 15.3 Å². The van der Waals surface area contributed by atoms with Gasteiger partial charge in [-0.1, -0.05) is 48.6 Å². The molecule has 29 heavy (non-hydrogen) atoms. The van der Waals surface area contributed by atoms with Crippen molar-refractivity contribution < 1.29 is 18.4 Å². The van der Waals surface area contributed by atoms with E-state index in [9.17, 15) is 13.2 Å². The molecule has 0 saturated heterocycles. The van der Waals surface area contributed by atoms with Gasteiger partial charge in [0.2, 0.25) is 0 Å². The van der Waals surface area contributed by atoms with E-state index in [1.165, 1.54) is 12.4 Å².